The van der Waals surface area contributed by atoms with Gasteiger partial charge in [0.05, 0.1) is 12.2 Å². The fourth-order valence-electron chi connectivity index (χ4n) is 3.47. The van der Waals surface area contributed by atoms with Gasteiger partial charge in [0.2, 0.25) is 0 Å². The first-order chi connectivity index (χ1) is 12.4. The molecule has 3 rings (SSSR count). The standard InChI is InChI=1S/C22H26N2OS/c1-5-25-17-9-6-15(7-10-17)14-24-21-19(13-23)18-11-8-16(22(2,3)4)12-20(18)26-21/h6-7,9-10,14,16H,5,8,11-12H2,1-4H3/t16-/m0/s1. The minimum absolute atomic E-state index is 0.306. The van der Waals surface area contributed by atoms with E-state index in [1.54, 1.807) is 11.3 Å². The van der Waals surface area contributed by atoms with Crippen molar-refractivity contribution in [3.8, 4) is 11.8 Å². The van der Waals surface area contributed by atoms with E-state index in [1.165, 1.54) is 10.4 Å². The van der Waals surface area contributed by atoms with E-state index in [0.717, 1.165) is 41.1 Å². The molecule has 1 aromatic heterocycles. The highest BCUT2D eigenvalue weighted by molar-refractivity contribution is 7.16. The maximum Gasteiger partial charge on any atom is 0.134 e. The van der Waals surface area contributed by atoms with Crippen molar-refractivity contribution in [1.82, 2.24) is 0 Å². The van der Waals surface area contributed by atoms with Gasteiger partial charge in [-0.2, -0.15) is 5.26 Å². The fraction of sp³-hybridized carbons (Fsp3) is 0.455. The molecule has 0 unspecified atom stereocenters. The lowest BCUT2D eigenvalue weighted by Gasteiger charge is -2.33. The number of nitriles is 1. The summed E-state index contributed by atoms with van der Waals surface area (Å²) in [5, 5.41) is 10.5. The summed E-state index contributed by atoms with van der Waals surface area (Å²) in [4.78, 5) is 6.00. The van der Waals surface area contributed by atoms with Crippen LogP contribution >= 0.6 is 11.3 Å². The van der Waals surface area contributed by atoms with Gasteiger partial charge in [-0.15, -0.1) is 11.3 Å². The minimum Gasteiger partial charge on any atom is -0.494 e. The number of fused-ring (bicyclic) bond motifs is 1. The Morgan fingerprint density at radius 3 is 2.65 bits per heavy atom. The van der Waals surface area contributed by atoms with Gasteiger partial charge < -0.3 is 4.74 Å². The first kappa shape index (κ1) is 18.7. The van der Waals surface area contributed by atoms with Crippen molar-refractivity contribution in [3.05, 3.63) is 45.8 Å². The number of hydrogen-bond acceptors (Lipinski definition) is 4. The zero-order chi connectivity index (χ0) is 18.7. The Bertz CT molecular complexity index is 835. The van der Waals surface area contributed by atoms with E-state index in [-0.39, 0.29) is 0 Å². The van der Waals surface area contributed by atoms with Crippen molar-refractivity contribution < 1.29 is 4.74 Å². The van der Waals surface area contributed by atoms with Crippen LogP contribution in [0, 0.1) is 22.7 Å². The fourth-order valence-corrected chi connectivity index (χ4v) is 4.69. The molecule has 3 nitrogen and oxygen atoms in total. The summed E-state index contributed by atoms with van der Waals surface area (Å²) in [7, 11) is 0. The van der Waals surface area contributed by atoms with Gasteiger partial charge in [-0.05, 0) is 72.9 Å². The van der Waals surface area contributed by atoms with Crippen molar-refractivity contribution in [2.45, 2.75) is 47.0 Å². The number of thiophene rings is 1. The van der Waals surface area contributed by atoms with E-state index in [0.29, 0.717) is 17.9 Å². The van der Waals surface area contributed by atoms with E-state index in [4.69, 9.17) is 4.74 Å². The zero-order valence-corrected chi connectivity index (χ0v) is 16.8. The molecule has 0 N–H and O–H groups in total. The number of benzene rings is 1. The molecule has 1 aliphatic rings. The molecule has 26 heavy (non-hydrogen) atoms. The van der Waals surface area contributed by atoms with E-state index < -0.39 is 0 Å². The molecule has 1 heterocycles. The predicted octanol–water partition coefficient (Wildman–Crippen LogP) is 5.92. The highest BCUT2D eigenvalue weighted by Gasteiger charge is 2.32. The van der Waals surface area contributed by atoms with E-state index in [9.17, 15) is 5.26 Å². The van der Waals surface area contributed by atoms with E-state index in [1.807, 2.05) is 37.4 Å². The van der Waals surface area contributed by atoms with Gasteiger partial charge in [0, 0.05) is 11.1 Å². The molecule has 136 valence electrons. The predicted molar refractivity (Wildman–Crippen MR) is 109 cm³/mol. The molecule has 0 saturated heterocycles. The molecule has 1 atom stereocenters. The first-order valence-corrected chi connectivity index (χ1v) is 10.1. The lowest BCUT2D eigenvalue weighted by atomic mass is 9.72. The molecule has 0 saturated carbocycles. The summed E-state index contributed by atoms with van der Waals surface area (Å²) >= 11 is 1.69. The van der Waals surface area contributed by atoms with E-state index in [2.05, 4.69) is 31.8 Å². The highest BCUT2D eigenvalue weighted by atomic mass is 32.1. The molecule has 0 radical (unpaired) electrons. The van der Waals surface area contributed by atoms with Gasteiger partial charge in [0.15, 0.2) is 0 Å². The van der Waals surface area contributed by atoms with Crippen LogP contribution in [0.2, 0.25) is 0 Å². The molecule has 0 spiro atoms. The molecule has 2 aromatic rings. The molecule has 1 aromatic carbocycles. The maximum atomic E-state index is 9.65. The number of nitrogens with zero attached hydrogens (tertiary/aromatic N) is 2. The average Bonchev–Trinajstić information content (AvgIpc) is 2.97. The molecular formula is C22H26N2OS. The molecule has 0 amide bonds. The van der Waals surface area contributed by atoms with Gasteiger partial charge in [0.25, 0.3) is 0 Å². The maximum absolute atomic E-state index is 9.65. The molecule has 4 heteroatoms. The van der Waals surface area contributed by atoms with Gasteiger partial charge >= 0.3 is 0 Å². The lowest BCUT2D eigenvalue weighted by molar-refractivity contribution is 0.218. The topological polar surface area (TPSA) is 45.4 Å². The summed E-state index contributed by atoms with van der Waals surface area (Å²) < 4.78 is 5.47. The van der Waals surface area contributed by atoms with Gasteiger partial charge in [0.1, 0.15) is 16.8 Å². The van der Waals surface area contributed by atoms with Crippen molar-refractivity contribution in [1.29, 1.82) is 5.26 Å². The molecule has 0 fully saturated rings. The Labute approximate surface area is 160 Å². The summed E-state index contributed by atoms with van der Waals surface area (Å²) in [5.74, 6) is 1.53. The van der Waals surface area contributed by atoms with Crippen LogP contribution in [0.15, 0.2) is 29.3 Å². The van der Waals surface area contributed by atoms with Crippen molar-refractivity contribution in [2.24, 2.45) is 16.3 Å². The number of hydrogen-bond donors (Lipinski definition) is 0. The number of rotatable bonds is 4. The highest BCUT2D eigenvalue weighted by Crippen LogP contribution is 2.44. The smallest absolute Gasteiger partial charge is 0.134 e. The van der Waals surface area contributed by atoms with Crippen LogP contribution in [0.4, 0.5) is 5.00 Å². The van der Waals surface area contributed by atoms with Crippen molar-refractivity contribution in [3.63, 3.8) is 0 Å². The van der Waals surface area contributed by atoms with Crippen LogP contribution in [0.5, 0.6) is 5.75 Å². The Morgan fingerprint density at radius 2 is 2.04 bits per heavy atom. The van der Waals surface area contributed by atoms with Crippen LogP contribution in [-0.4, -0.2) is 12.8 Å². The quantitative estimate of drug-likeness (QED) is 0.630. The SMILES string of the molecule is CCOc1ccc(C=Nc2sc3c(c2C#N)CC[C@H](C(C)(C)C)C3)cc1. The van der Waals surface area contributed by atoms with Gasteiger partial charge in [-0.25, -0.2) is 4.99 Å². The van der Waals surface area contributed by atoms with Gasteiger partial charge in [-0.1, -0.05) is 20.8 Å². The molecule has 0 aliphatic heterocycles. The first-order valence-electron chi connectivity index (χ1n) is 9.24. The van der Waals surface area contributed by atoms with Crippen LogP contribution in [0.25, 0.3) is 0 Å². The average molecular weight is 367 g/mol. The normalized spacial score (nSPS) is 17.1. The largest absolute Gasteiger partial charge is 0.494 e. The monoisotopic (exact) mass is 366 g/mol. The second-order valence-electron chi connectivity index (χ2n) is 7.86. The second kappa shape index (κ2) is 7.63. The molecular weight excluding hydrogens is 340 g/mol. The van der Waals surface area contributed by atoms with Gasteiger partial charge in [-0.3, -0.25) is 0 Å². The number of ether oxygens (including phenoxy) is 1. The van der Waals surface area contributed by atoms with Crippen LogP contribution in [-0.2, 0) is 12.8 Å². The van der Waals surface area contributed by atoms with Crippen LogP contribution in [0.3, 0.4) is 0 Å². The Hall–Kier alpha value is -2.12. The van der Waals surface area contributed by atoms with Crippen molar-refractivity contribution >= 4 is 22.6 Å². The Morgan fingerprint density at radius 1 is 1.31 bits per heavy atom. The van der Waals surface area contributed by atoms with Crippen LogP contribution < -0.4 is 4.74 Å². The zero-order valence-electron chi connectivity index (χ0n) is 16.0. The van der Waals surface area contributed by atoms with Crippen molar-refractivity contribution in [2.75, 3.05) is 6.61 Å². The third-order valence-electron chi connectivity index (χ3n) is 5.11. The third kappa shape index (κ3) is 3.99. The Balaban J connectivity index is 1.83. The molecule has 0 bridgehead atoms. The third-order valence-corrected chi connectivity index (χ3v) is 6.27. The lowest BCUT2D eigenvalue weighted by Crippen LogP contribution is -2.26. The number of aliphatic imine (C=N–C) groups is 1. The Kier molecular flexibility index (Phi) is 5.48. The second-order valence-corrected chi connectivity index (χ2v) is 8.95. The summed E-state index contributed by atoms with van der Waals surface area (Å²) in [6.45, 7) is 9.57. The summed E-state index contributed by atoms with van der Waals surface area (Å²) in [6.07, 6.45) is 5.06. The van der Waals surface area contributed by atoms with E-state index >= 15 is 0 Å². The summed E-state index contributed by atoms with van der Waals surface area (Å²) in [5.41, 5.74) is 3.33. The molecule has 1 aliphatic carbocycles. The van der Waals surface area contributed by atoms with Crippen LogP contribution in [0.1, 0.15) is 55.7 Å². The summed E-state index contributed by atoms with van der Waals surface area (Å²) in [6, 6.07) is 10.3. The minimum atomic E-state index is 0.306.